The van der Waals surface area contributed by atoms with Crippen LogP contribution in [-0.2, 0) is 0 Å². The van der Waals surface area contributed by atoms with Gasteiger partial charge in [-0.3, -0.25) is 9.89 Å². The number of thiophene rings is 1. The Morgan fingerprint density at radius 3 is 2.79 bits per heavy atom. The van der Waals surface area contributed by atoms with Gasteiger partial charge in [-0.1, -0.05) is 36.4 Å². The second kappa shape index (κ2) is 11.3. The Kier molecular flexibility index (Phi) is 8.52. The Balaban J connectivity index is 1.56. The minimum atomic E-state index is -0.457. The highest BCUT2D eigenvalue weighted by Gasteiger charge is 2.31. The van der Waals surface area contributed by atoms with Crippen molar-refractivity contribution in [3.8, 4) is 0 Å². The number of hydrogen-bond donors (Lipinski definition) is 3. The summed E-state index contributed by atoms with van der Waals surface area (Å²) in [6.07, 6.45) is 2.63. The summed E-state index contributed by atoms with van der Waals surface area (Å²) in [7, 11) is 2.23. The lowest BCUT2D eigenvalue weighted by atomic mass is 9.88. The molecule has 1 fully saturated rings. The van der Waals surface area contributed by atoms with Crippen molar-refractivity contribution >= 4 is 17.3 Å². The molecule has 0 aliphatic carbocycles. The zero-order chi connectivity index (χ0) is 20.5. The molecule has 2 aromatic rings. The van der Waals surface area contributed by atoms with E-state index in [9.17, 15) is 5.11 Å². The van der Waals surface area contributed by atoms with E-state index in [-0.39, 0.29) is 0 Å². The average Bonchev–Trinajstić information content (AvgIpc) is 3.27. The molecule has 6 heteroatoms. The number of nitrogens with zero attached hydrogens (tertiary/aromatic N) is 2. The van der Waals surface area contributed by atoms with Gasteiger partial charge in [0.15, 0.2) is 5.96 Å². The number of nitrogens with one attached hydrogen (secondary N) is 2. The summed E-state index contributed by atoms with van der Waals surface area (Å²) in [6.45, 7) is 5.55. The van der Waals surface area contributed by atoms with Crippen molar-refractivity contribution in [1.82, 2.24) is 15.5 Å². The molecule has 0 saturated carbocycles. The van der Waals surface area contributed by atoms with Gasteiger partial charge in [0.05, 0.1) is 6.10 Å². The van der Waals surface area contributed by atoms with Crippen molar-refractivity contribution < 1.29 is 5.11 Å². The Bertz CT molecular complexity index is 735. The Morgan fingerprint density at radius 1 is 1.24 bits per heavy atom. The molecule has 158 valence electrons. The van der Waals surface area contributed by atoms with Crippen LogP contribution in [0.3, 0.4) is 0 Å². The number of aliphatic hydroxyl groups excluding tert-OH is 1. The van der Waals surface area contributed by atoms with Gasteiger partial charge in [0, 0.05) is 30.6 Å². The van der Waals surface area contributed by atoms with Crippen molar-refractivity contribution in [3.05, 3.63) is 58.3 Å². The van der Waals surface area contributed by atoms with Crippen LogP contribution in [0.5, 0.6) is 0 Å². The third-order valence-corrected chi connectivity index (χ3v) is 6.51. The number of guanidine groups is 1. The Morgan fingerprint density at radius 2 is 2.07 bits per heavy atom. The fourth-order valence-corrected chi connectivity index (χ4v) is 5.06. The van der Waals surface area contributed by atoms with E-state index < -0.39 is 6.10 Å². The molecule has 5 nitrogen and oxygen atoms in total. The molecule has 3 unspecified atom stereocenters. The SMILES string of the molecule is CCNC(=NCC1CCCN(C)C1c1cccs1)NCCC(O)c1ccccc1. The predicted molar refractivity (Wildman–Crippen MR) is 122 cm³/mol. The molecule has 1 aliphatic rings. The highest BCUT2D eigenvalue weighted by Crippen LogP contribution is 2.37. The van der Waals surface area contributed by atoms with Crippen molar-refractivity contribution in [2.45, 2.75) is 38.3 Å². The molecule has 29 heavy (non-hydrogen) atoms. The number of benzene rings is 1. The highest BCUT2D eigenvalue weighted by molar-refractivity contribution is 7.10. The maximum atomic E-state index is 10.4. The maximum absolute atomic E-state index is 10.4. The third-order valence-electron chi connectivity index (χ3n) is 5.56. The molecular weight excluding hydrogens is 380 g/mol. The molecular formula is C23H34N4OS. The topological polar surface area (TPSA) is 59.9 Å². The molecule has 3 atom stereocenters. The second-order valence-electron chi connectivity index (χ2n) is 7.70. The summed E-state index contributed by atoms with van der Waals surface area (Å²) in [4.78, 5) is 8.81. The van der Waals surface area contributed by atoms with E-state index in [1.807, 2.05) is 41.7 Å². The van der Waals surface area contributed by atoms with Crippen LogP contribution in [0.2, 0.25) is 0 Å². The van der Waals surface area contributed by atoms with Crippen molar-refractivity contribution in [2.24, 2.45) is 10.9 Å². The molecule has 1 saturated heterocycles. The van der Waals surface area contributed by atoms with Crippen LogP contribution in [0.1, 0.15) is 48.8 Å². The van der Waals surface area contributed by atoms with E-state index in [1.165, 1.54) is 17.7 Å². The van der Waals surface area contributed by atoms with Crippen molar-refractivity contribution in [1.29, 1.82) is 0 Å². The van der Waals surface area contributed by atoms with Crippen LogP contribution < -0.4 is 10.6 Å². The number of piperidine rings is 1. The third kappa shape index (κ3) is 6.29. The quantitative estimate of drug-likeness (QED) is 0.454. The summed E-state index contributed by atoms with van der Waals surface area (Å²) in [6, 6.07) is 14.7. The lowest BCUT2D eigenvalue weighted by Gasteiger charge is -2.38. The van der Waals surface area contributed by atoms with Gasteiger partial charge in [0.1, 0.15) is 0 Å². The second-order valence-corrected chi connectivity index (χ2v) is 8.68. The van der Waals surface area contributed by atoms with Gasteiger partial charge < -0.3 is 15.7 Å². The van der Waals surface area contributed by atoms with Crippen LogP contribution in [0.25, 0.3) is 0 Å². The summed E-state index contributed by atoms with van der Waals surface area (Å²) in [5.74, 6) is 1.36. The van der Waals surface area contributed by atoms with Crippen molar-refractivity contribution in [2.75, 3.05) is 33.2 Å². The van der Waals surface area contributed by atoms with E-state index >= 15 is 0 Å². The number of rotatable bonds is 8. The molecule has 2 heterocycles. The van der Waals surface area contributed by atoms with Gasteiger partial charge in [-0.15, -0.1) is 11.3 Å². The normalized spacial score (nSPS) is 21.7. The first-order valence-corrected chi connectivity index (χ1v) is 11.6. The zero-order valence-electron chi connectivity index (χ0n) is 17.6. The number of likely N-dealkylation sites (tertiary alicyclic amines) is 1. The number of hydrogen-bond acceptors (Lipinski definition) is 4. The first-order chi connectivity index (χ1) is 14.2. The molecule has 0 amide bonds. The monoisotopic (exact) mass is 414 g/mol. The van der Waals surface area contributed by atoms with Gasteiger partial charge in [0.25, 0.3) is 0 Å². The van der Waals surface area contributed by atoms with E-state index in [0.717, 1.165) is 31.2 Å². The standard InChI is InChI=1S/C23H34N4OS/c1-3-24-23(25-14-13-20(28)18-9-5-4-6-10-18)26-17-19-11-7-15-27(2)22(19)21-12-8-16-29-21/h4-6,8-10,12,16,19-20,22,28H,3,7,11,13-15,17H2,1-2H3,(H2,24,25,26). The molecule has 1 aromatic carbocycles. The van der Waals surface area contributed by atoms with Gasteiger partial charge in [-0.25, -0.2) is 0 Å². The van der Waals surface area contributed by atoms with Crippen molar-refractivity contribution in [3.63, 3.8) is 0 Å². The molecule has 3 N–H and O–H groups in total. The lowest BCUT2D eigenvalue weighted by molar-refractivity contribution is 0.128. The average molecular weight is 415 g/mol. The minimum absolute atomic E-state index is 0.454. The Labute approximate surface area is 178 Å². The molecule has 3 rings (SSSR count). The largest absolute Gasteiger partial charge is 0.388 e. The zero-order valence-corrected chi connectivity index (χ0v) is 18.4. The predicted octanol–water partition coefficient (Wildman–Crippen LogP) is 3.81. The van der Waals surface area contributed by atoms with Gasteiger partial charge >= 0.3 is 0 Å². The molecule has 0 radical (unpaired) electrons. The lowest BCUT2D eigenvalue weighted by Crippen LogP contribution is -2.40. The summed E-state index contributed by atoms with van der Waals surface area (Å²) in [5, 5.41) is 19.3. The van der Waals surface area contributed by atoms with Crippen LogP contribution in [0.4, 0.5) is 0 Å². The summed E-state index contributed by atoms with van der Waals surface area (Å²) < 4.78 is 0. The molecule has 0 spiro atoms. The Hall–Kier alpha value is -1.89. The van der Waals surface area contributed by atoms with Crippen LogP contribution in [0.15, 0.2) is 52.8 Å². The fraction of sp³-hybridized carbons (Fsp3) is 0.522. The van der Waals surface area contributed by atoms with E-state index in [0.29, 0.717) is 24.9 Å². The molecule has 1 aromatic heterocycles. The van der Waals surface area contributed by atoms with Crippen LogP contribution in [-0.4, -0.2) is 49.2 Å². The van der Waals surface area contributed by atoms with Gasteiger partial charge in [0.2, 0.25) is 0 Å². The number of aliphatic hydroxyl groups is 1. The summed E-state index contributed by atoms with van der Waals surface area (Å²) in [5.41, 5.74) is 0.959. The first kappa shape index (κ1) is 21.8. The highest BCUT2D eigenvalue weighted by atomic mass is 32.1. The maximum Gasteiger partial charge on any atom is 0.191 e. The van der Waals surface area contributed by atoms with Crippen LogP contribution in [0, 0.1) is 5.92 Å². The van der Waals surface area contributed by atoms with E-state index in [2.05, 4.69) is 47.0 Å². The van der Waals surface area contributed by atoms with Crippen LogP contribution >= 0.6 is 11.3 Å². The molecule has 1 aliphatic heterocycles. The first-order valence-electron chi connectivity index (χ1n) is 10.7. The van der Waals surface area contributed by atoms with Gasteiger partial charge in [-0.2, -0.15) is 0 Å². The van der Waals surface area contributed by atoms with Gasteiger partial charge in [-0.05, 0) is 62.7 Å². The number of aliphatic imine (C=N–C) groups is 1. The fourth-order valence-electron chi connectivity index (χ4n) is 4.08. The smallest absolute Gasteiger partial charge is 0.191 e. The summed E-state index contributed by atoms with van der Waals surface area (Å²) >= 11 is 1.85. The molecule has 0 bridgehead atoms. The van der Waals surface area contributed by atoms with E-state index in [1.54, 1.807) is 0 Å². The minimum Gasteiger partial charge on any atom is -0.388 e. The van der Waals surface area contributed by atoms with E-state index in [4.69, 9.17) is 4.99 Å².